The third-order valence-corrected chi connectivity index (χ3v) is 5.84. The van der Waals surface area contributed by atoms with E-state index >= 15 is 0 Å². The van der Waals surface area contributed by atoms with Gasteiger partial charge in [0.15, 0.2) is 9.84 Å². The number of hydrogen-bond acceptors (Lipinski definition) is 4. The van der Waals surface area contributed by atoms with E-state index in [1.165, 1.54) is 4.90 Å². The fourth-order valence-electron chi connectivity index (χ4n) is 1.78. The summed E-state index contributed by atoms with van der Waals surface area (Å²) in [7, 11) is -3.29. The largest absolute Gasteiger partial charge is 0.343 e. The van der Waals surface area contributed by atoms with Crippen molar-refractivity contribution in [2.24, 2.45) is 0 Å². The first-order chi connectivity index (χ1) is 8.58. The molecule has 1 atom stereocenters. The van der Waals surface area contributed by atoms with Crippen LogP contribution in [0.15, 0.2) is 0 Å². The molecule has 1 unspecified atom stereocenters. The number of amides is 2. The highest BCUT2D eigenvalue weighted by Gasteiger charge is 2.34. The van der Waals surface area contributed by atoms with Crippen LogP contribution in [0.1, 0.15) is 34.1 Å². The molecule has 19 heavy (non-hydrogen) atoms. The molecule has 1 heterocycles. The smallest absolute Gasteiger partial charge is 0.245 e. The van der Waals surface area contributed by atoms with E-state index < -0.39 is 20.6 Å². The maximum atomic E-state index is 12.0. The average molecular weight is 290 g/mol. The number of hydrogen-bond donors (Lipinski definition) is 1. The lowest BCUT2D eigenvalue weighted by Gasteiger charge is -2.32. The summed E-state index contributed by atoms with van der Waals surface area (Å²) in [4.78, 5) is 24.8. The molecular formula is C12H22N2O4S. The van der Waals surface area contributed by atoms with Gasteiger partial charge in [-0.2, -0.15) is 0 Å². The average Bonchev–Trinajstić information content (AvgIpc) is 2.28. The monoisotopic (exact) mass is 290 g/mol. The second kappa shape index (κ2) is 5.48. The Bertz CT molecular complexity index is 465. The Morgan fingerprint density at radius 2 is 1.89 bits per heavy atom. The number of nitrogens with zero attached hydrogens (tertiary/aromatic N) is 1. The van der Waals surface area contributed by atoms with Gasteiger partial charge in [0.25, 0.3) is 0 Å². The van der Waals surface area contributed by atoms with Gasteiger partial charge >= 0.3 is 0 Å². The van der Waals surface area contributed by atoms with Crippen LogP contribution >= 0.6 is 0 Å². The van der Waals surface area contributed by atoms with Gasteiger partial charge in [-0.05, 0) is 27.2 Å². The Hall–Kier alpha value is -1.11. The molecule has 0 aromatic rings. The first-order valence-electron chi connectivity index (χ1n) is 6.39. The normalized spacial score (nSPS) is 21.5. The highest BCUT2D eigenvalue weighted by Crippen LogP contribution is 2.16. The fraction of sp³-hybridized carbons (Fsp3) is 0.833. The molecule has 0 saturated carbocycles. The van der Waals surface area contributed by atoms with Gasteiger partial charge in [0.05, 0.1) is 17.0 Å². The molecule has 0 aromatic carbocycles. The van der Waals surface area contributed by atoms with Crippen molar-refractivity contribution < 1.29 is 18.0 Å². The molecule has 0 aromatic heterocycles. The summed E-state index contributed by atoms with van der Waals surface area (Å²) in [6, 6.07) is -0.529. The Morgan fingerprint density at radius 3 is 2.37 bits per heavy atom. The Labute approximate surface area is 114 Å². The number of sulfone groups is 1. The standard InChI is InChI=1S/C12H22N2O4S/c1-5-9-11(16)14(8-10(15)13-9)6-7-19(17,18)12(2,3)4/h9H,5-8H2,1-4H3,(H,13,15). The van der Waals surface area contributed by atoms with Crippen molar-refractivity contribution in [3.05, 3.63) is 0 Å². The maximum absolute atomic E-state index is 12.0. The number of piperazine rings is 1. The van der Waals surface area contributed by atoms with Crippen molar-refractivity contribution >= 4 is 21.7 Å². The summed E-state index contributed by atoms with van der Waals surface area (Å²) in [5.41, 5.74) is 0. The molecule has 1 fully saturated rings. The van der Waals surface area contributed by atoms with Crippen molar-refractivity contribution in [3.63, 3.8) is 0 Å². The lowest BCUT2D eigenvalue weighted by Crippen LogP contribution is -2.58. The van der Waals surface area contributed by atoms with Crippen molar-refractivity contribution in [1.82, 2.24) is 10.2 Å². The molecule has 110 valence electrons. The van der Waals surface area contributed by atoms with Crippen molar-refractivity contribution in [3.8, 4) is 0 Å². The number of carbonyl (C=O) groups is 2. The quantitative estimate of drug-likeness (QED) is 0.786. The first kappa shape index (κ1) is 15.9. The molecule has 1 saturated heterocycles. The summed E-state index contributed by atoms with van der Waals surface area (Å²) in [6.45, 7) is 6.70. The minimum absolute atomic E-state index is 0.0605. The lowest BCUT2D eigenvalue weighted by atomic mass is 10.1. The minimum atomic E-state index is -3.29. The maximum Gasteiger partial charge on any atom is 0.245 e. The van der Waals surface area contributed by atoms with E-state index in [4.69, 9.17) is 0 Å². The van der Waals surface area contributed by atoms with E-state index in [1.54, 1.807) is 27.7 Å². The molecule has 0 radical (unpaired) electrons. The molecule has 1 aliphatic heterocycles. The molecule has 2 amide bonds. The van der Waals surface area contributed by atoms with E-state index in [0.29, 0.717) is 6.42 Å². The van der Waals surface area contributed by atoms with E-state index in [2.05, 4.69) is 5.32 Å². The molecule has 7 heteroatoms. The lowest BCUT2D eigenvalue weighted by molar-refractivity contribution is -0.144. The predicted octanol–water partition coefficient (Wildman–Crippen LogP) is -0.0633. The summed E-state index contributed by atoms with van der Waals surface area (Å²) < 4.78 is 23.1. The third-order valence-electron chi connectivity index (χ3n) is 3.25. The van der Waals surface area contributed by atoms with E-state index in [0.717, 1.165) is 0 Å². The summed E-state index contributed by atoms with van der Waals surface area (Å²) in [5, 5.41) is 2.59. The molecule has 1 N–H and O–H groups in total. The number of nitrogens with one attached hydrogen (secondary N) is 1. The zero-order chi connectivity index (χ0) is 14.8. The zero-order valence-corrected chi connectivity index (χ0v) is 12.7. The number of carbonyl (C=O) groups excluding carboxylic acids is 2. The van der Waals surface area contributed by atoms with Crippen LogP contribution in [0.25, 0.3) is 0 Å². The molecule has 0 bridgehead atoms. The summed E-state index contributed by atoms with van der Waals surface area (Å²) >= 11 is 0. The molecular weight excluding hydrogens is 268 g/mol. The first-order valence-corrected chi connectivity index (χ1v) is 8.04. The van der Waals surface area contributed by atoms with Gasteiger partial charge in [0, 0.05) is 6.54 Å². The van der Waals surface area contributed by atoms with Gasteiger partial charge in [-0.3, -0.25) is 9.59 Å². The predicted molar refractivity (Wildman–Crippen MR) is 72.3 cm³/mol. The van der Waals surface area contributed by atoms with Crippen LogP contribution in [0.5, 0.6) is 0 Å². The Morgan fingerprint density at radius 1 is 1.32 bits per heavy atom. The summed E-state index contributed by atoms with van der Waals surface area (Å²) in [5.74, 6) is -0.558. The van der Waals surface area contributed by atoms with Gasteiger partial charge in [-0.25, -0.2) is 8.42 Å². The van der Waals surface area contributed by atoms with Gasteiger partial charge in [-0.1, -0.05) is 6.92 Å². The third kappa shape index (κ3) is 3.68. The molecule has 1 aliphatic rings. The van der Waals surface area contributed by atoms with Gasteiger partial charge in [0.1, 0.15) is 6.04 Å². The highest BCUT2D eigenvalue weighted by molar-refractivity contribution is 7.92. The molecule has 0 spiro atoms. The second-order valence-corrected chi connectivity index (χ2v) is 8.58. The van der Waals surface area contributed by atoms with Crippen LogP contribution < -0.4 is 5.32 Å². The van der Waals surface area contributed by atoms with Gasteiger partial charge in [-0.15, -0.1) is 0 Å². The topological polar surface area (TPSA) is 83.6 Å². The van der Waals surface area contributed by atoms with Crippen LogP contribution in [0.3, 0.4) is 0 Å². The summed E-state index contributed by atoms with van der Waals surface area (Å²) in [6.07, 6.45) is 0.507. The van der Waals surface area contributed by atoms with Crippen molar-refractivity contribution in [1.29, 1.82) is 0 Å². The molecule has 0 aliphatic carbocycles. The number of rotatable bonds is 4. The van der Waals surface area contributed by atoms with Crippen molar-refractivity contribution in [2.45, 2.75) is 44.9 Å². The van der Waals surface area contributed by atoms with Crippen LogP contribution in [-0.2, 0) is 19.4 Å². The van der Waals surface area contributed by atoms with E-state index in [-0.39, 0.29) is 30.7 Å². The Balaban J connectivity index is 2.72. The van der Waals surface area contributed by atoms with Crippen LogP contribution in [0.4, 0.5) is 0 Å². The SMILES string of the molecule is CCC1NC(=O)CN(CCS(=O)(=O)C(C)(C)C)C1=O. The van der Waals surface area contributed by atoms with Gasteiger partial charge < -0.3 is 10.2 Å². The second-order valence-electron chi connectivity index (χ2n) is 5.72. The van der Waals surface area contributed by atoms with Crippen LogP contribution in [-0.4, -0.2) is 54.8 Å². The van der Waals surface area contributed by atoms with Gasteiger partial charge in [0.2, 0.25) is 11.8 Å². The molecule has 1 rings (SSSR count). The molecule has 6 nitrogen and oxygen atoms in total. The van der Waals surface area contributed by atoms with Crippen molar-refractivity contribution in [2.75, 3.05) is 18.8 Å². The van der Waals surface area contributed by atoms with E-state index in [1.807, 2.05) is 0 Å². The zero-order valence-electron chi connectivity index (χ0n) is 11.9. The minimum Gasteiger partial charge on any atom is -0.343 e. The Kier molecular flexibility index (Phi) is 4.60. The van der Waals surface area contributed by atoms with E-state index in [9.17, 15) is 18.0 Å². The fourth-order valence-corrected chi connectivity index (χ4v) is 2.85. The van der Waals surface area contributed by atoms with Crippen LogP contribution in [0, 0.1) is 0 Å². The highest BCUT2D eigenvalue weighted by atomic mass is 32.2. The van der Waals surface area contributed by atoms with Crippen LogP contribution in [0.2, 0.25) is 0 Å².